The van der Waals surface area contributed by atoms with Gasteiger partial charge in [-0.3, -0.25) is 4.79 Å². The summed E-state index contributed by atoms with van der Waals surface area (Å²) >= 11 is 0. The zero-order valence-electron chi connectivity index (χ0n) is 9.87. The molecule has 1 heterocycles. The molecule has 1 saturated carbocycles. The maximum atomic E-state index is 11.1. The molecule has 2 unspecified atom stereocenters. The number of carboxylic acids is 1. The van der Waals surface area contributed by atoms with Crippen molar-refractivity contribution >= 4 is 15.8 Å². The Morgan fingerprint density at radius 2 is 2.22 bits per heavy atom. The third kappa shape index (κ3) is 2.87. The molecule has 0 spiro atoms. The number of hydrogen-bond acceptors (Lipinski definition) is 6. The smallest absolute Gasteiger partial charge is 0.307 e. The van der Waals surface area contributed by atoms with E-state index in [1.165, 1.54) is 0 Å². The van der Waals surface area contributed by atoms with E-state index in [1.807, 2.05) is 0 Å². The number of sulfone groups is 1. The molecule has 0 saturated heterocycles. The first kappa shape index (κ1) is 13.0. The molecule has 18 heavy (non-hydrogen) atoms. The lowest BCUT2D eigenvalue weighted by Crippen LogP contribution is -2.17. The van der Waals surface area contributed by atoms with Crippen molar-refractivity contribution in [3.05, 3.63) is 11.7 Å². The van der Waals surface area contributed by atoms with E-state index in [0.717, 1.165) is 12.7 Å². The fourth-order valence-electron chi connectivity index (χ4n) is 2.26. The van der Waals surface area contributed by atoms with Crippen LogP contribution in [0.2, 0.25) is 0 Å². The SMILES string of the molecule is CS(=O)(=O)Cc1noc(C2CCCC2C(=O)O)n1. The van der Waals surface area contributed by atoms with Gasteiger partial charge in [-0.15, -0.1) is 0 Å². The molecule has 0 radical (unpaired) electrons. The predicted octanol–water partition coefficient (Wildman–Crippen LogP) is 0.583. The highest BCUT2D eigenvalue weighted by Crippen LogP contribution is 2.38. The standard InChI is InChI=1S/C10H14N2O5S/c1-18(15,16)5-8-11-9(17-12-8)6-3-2-4-7(6)10(13)14/h6-7H,2-5H2,1H3,(H,13,14). The van der Waals surface area contributed by atoms with Crippen LogP contribution in [0.1, 0.15) is 36.9 Å². The van der Waals surface area contributed by atoms with E-state index in [2.05, 4.69) is 10.1 Å². The molecule has 1 N–H and O–H groups in total. The Bertz CT molecular complexity index is 550. The summed E-state index contributed by atoms with van der Waals surface area (Å²) in [6, 6.07) is 0. The first-order valence-electron chi connectivity index (χ1n) is 5.60. The molecule has 1 aliphatic carbocycles. The Morgan fingerprint density at radius 1 is 1.50 bits per heavy atom. The van der Waals surface area contributed by atoms with Gasteiger partial charge in [0.05, 0.1) is 11.8 Å². The van der Waals surface area contributed by atoms with E-state index in [-0.39, 0.29) is 23.4 Å². The van der Waals surface area contributed by atoms with Gasteiger partial charge in [-0.05, 0) is 12.8 Å². The Balaban J connectivity index is 2.17. The molecule has 0 aliphatic heterocycles. The van der Waals surface area contributed by atoms with Crippen LogP contribution in [-0.4, -0.2) is 35.9 Å². The molecule has 1 fully saturated rings. The number of aliphatic carboxylic acids is 1. The van der Waals surface area contributed by atoms with E-state index >= 15 is 0 Å². The average molecular weight is 274 g/mol. The molecule has 0 bridgehead atoms. The molecule has 0 amide bonds. The van der Waals surface area contributed by atoms with Gasteiger partial charge >= 0.3 is 5.97 Å². The normalized spacial score (nSPS) is 24.3. The van der Waals surface area contributed by atoms with Gasteiger partial charge in [-0.1, -0.05) is 11.6 Å². The van der Waals surface area contributed by atoms with Crippen molar-refractivity contribution in [3.8, 4) is 0 Å². The molecular formula is C10H14N2O5S. The van der Waals surface area contributed by atoms with Crippen LogP contribution in [0.5, 0.6) is 0 Å². The van der Waals surface area contributed by atoms with Crippen LogP contribution in [0.25, 0.3) is 0 Å². The van der Waals surface area contributed by atoms with Gasteiger partial charge < -0.3 is 9.63 Å². The fourth-order valence-corrected chi connectivity index (χ4v) is 2.85. The number of hydrogen-bond donors (Lipinski definition) is 1. The number of carboxylic acid groups (broad SMARTS) is 1. The van der Waals surface area contributed by atoms with E-state index < -0.39 is 21.7 Å². The molecule has 8 heteroatoms. The number of nitrogens with zero attached hydrogens (tertiary/aromatic N) is 2. The van der Waals surface area contributed by atoms with Crippen molar-refractivity contribution in [2.75, 3.05) is 6.26 Å². The lowest BCUT2D eigenvalue weighted by Gasteiger charge is -2.09. The maximum Gasteiger partial charge on any atom is 0.307 e. The lowest BCUT2D eigenvalue weighted by atomic mass is 9.96. The van der Waals surface area contributed by atoms with Crippen molar-refractivity contribution in [3.63, 3.8) is 0 Å². The van der Waals surface area contributed by atoms with E-state index in [0.29, 0.717) is 12.8 Å². The lowest BCUT2D eigenvalue weighted by molar-refractivity contribution is -0.142. The Morgan fingerprint density at radius 3 is 2.83 bits per heavy atom. The van der Waals surface area contributed by atoms with E-state index in [1.54, 1.807) is 0 Å². The molecule has 2 atom stereocenters. The van der Waals surface area contributed by atoms with Crippen molar-refractivity contribution in [1.29, 1.82) is 0 Å². The zero-order chi connectivity index (χ0) is 13.3. The van der Waals surface area contributed by atoms with Gasteiger partial charge in [0.2, 0.25) is 5.89 Å². The minimum Gasteiger partial charge on any atom is -0.481 e. The first-order valence-corrected chi connectivity index (χ1v) is 7.66. The topological polar surface area (TPSA) is 110 Å². The van der Waals surface area contributed by atoms with Crippen LogP contribution in [0.3, 0.4) is 0 Å². The quantitative estimate of drug-likeness (QED) is 0.854. The summed E-state index contributed by atoms with van der Waals surface area (Å²) in [4.78, 5) is 15.0. The van der Waals surface area contributed by atoms with Crippen molar-refractivity contribution in [1.82, 2.24) is 10.1 Å². The Labute approximate surface area is 104 Å². The number of rotatable bonds is 4. The molecule has 100 valence electrons. The summed E-state index contributed by atoms with van der Waals surface area (Å²) in [7, 11) is -3.22. The van der Waals surface area contributed by atoms with Gasteiger partial charge in [-0.25, -0.2) is 8.42 Å². The second kappa shape index (κ2) is 4.68. The van der Waals surface area contributed by atoms with Crippen LogP contribution < -0.4 is 0 Å². The van der Waals surface area contributed by atoms with E-state index in [9.17, 15) is 13.2 Å². The largest absolute Gasteiger partial charge is 0.481 e. The van der Waals surface area contributed by atoms with Crippen LogP contribution >= 0.6 is 0 Å². The highest BCUT2D eigenvalue weighted by atomic mass is 32.2. The minimum absolute atomic E-state index is 0.0866. The summed E-state index contributed by atoms with van der Waals surface area (Å²) < 4.78 is 27.2. The van der Waals surface area contributed by atoms with Gasteiger partial charge in [0.1, 0.15) is 5.75 Å². The van der Waals surface area contributed by atoms with Gasteiger partial charge in [0, 0.05) is 6.26 Å². The number of carbonyl (C=O) groups is 1. The molecule has 0 aromatic carbocycles. The van der Waals surface area contributed by atoms with Crippen molar-refractivity contribution < 1.29 is 22.8 Å². The monoisotopic (exact) mass is 274 g/mol. The highest BCUT2D eigenvalue weighted by molar-refractivity contribution is 7.89. The summed E-state index contributed by atoms with van der Waals surface area (Å²) in [6.07, 6.45) is 3.14. The third-order valence-corrected chi connectivity index (χ3v) is 3.81. The van der Waals surface area contributed by atoms with Gasteiger partial charge in [0.15, 0.2) is 15.7 Å². The Hall–Kier alpha value is -1.44. The van der Waals surface area contributed by atoms with Crippen LogP contribution in [-0.2, 0) is 20.4 Å². The molecule has 1 aliphatic rings. The summed E-state index contributed by atoms with van der Waals surface area (Å²) in [5.74, 6) is -1.66. The van der Waals surface area contributed by atoms with Gasteiger partial charge in [0.25, 0.3) is 0 Å². The molecule has 1 aromatic heterocycles. The second-order valence-electron chi connectivity index (χ2n) is 4.60. The summed E-state index contributed by atoms with van der Waals surface area (Å²) in [5, 5.41) is 12.6. The molecular weight excluding hydrogens is 260 g/mol. The van der Waals surface area contributed by atoms with Crippen LogP contribution in [0, 0.1) is 5.92 Å². The maximum absolute atomic E-state index is 11.1. The van der Waals surface area contributed by atoms with Crippen LogP contribution in [0.4, 0.5) is 0 Å². The van der Waals surface area contributed by atoms with Gasteiger partial charge in [-0.2, -0.15) is 4.98 Å². The zero-order valence-corrected chi connectivity index (χ0v) is 10.7. The predicted molar refractivity (Wildman–Crippen MR) is 60.6 cm³/mol. The van der Waals surface area contributed by atoms with E-state index in [4.69, 9.17) is 9.63 Å². The first-order chi connectivity index (χ1) is 8.37. The third-order valence-electron chi connectivity index (χ3n) is 3.03. The molecule has 1 aromatic rings. The number of aromatic nitrogens is 2. The Kier molecular flexibility index (Phi) is 3.38. The second-order valence-corrected chi connectivity index (χ2v) is 6.74. The van der Waals surface area contributed by atoms with Crippen molar-refractivity contribution in [2.45, 2.75) is 30.9 Å². The van der Waals surface area contributed by atoms with Crippen molar-refractivity contribution in [2.24, 2.45) is 5.92 Å². The highest BCUT2D eigenvalue weighted by Gasteiger charge is 2.37. The van der Waals surface area contributed by atoms with Crippen LogP contribution in [0.15, 0.2) is 4.52 Å². The fraction of sp³-hybridized carbons (Fsp3) is 0.700. The minimum atomic E-state index is -3.22. The summed E-state index contributed by atoms with van der Waals surface area (Å²) in [5.41, 5.74) is 0. The molecule has 7 nitrogen and oxygen atoms in total. The average Bonchev–Trinajstić information content (AvgIpc) is 2.81. The summed E-state index contributed by atoms with van der Waals surface area (Å²) in [6.45, 7) is 0. The molecule has 2 rings (SSSR count).